The Morgan fingerprint density at radius 1 is 1.05 bits per heavy atom. The predicted octanol–water partition coefficient (Wildman–Crippen LogP) is 4.36. The van der Waals surface area contributed by atoms with Gasteiger partial charge in [0.25, 0.3) is 0 Å². The summed E-state index contributed by atoms with van der Waals surface area (Å²) >= 11 is 0. The average Bonchev–Trinajstić information content (AvgIpc) is 2.31. The second-order valence-corrected chi connectivity index (χ2v) is 6.49. The molecule has 0 aliphatic carbocycles. The fourth-order valence-corrected chi connectivity index (χ4v) is 3.39. The van der Waals surface area contributed by atoms with Gasteiger partial charge < -0.3 is 0 Å². The van der Waals surface area contributed by atoms with E-state index in [4.69, 9.17) is 8.74 Å². The molecular weight excluding hydrogens is 264 g/mol. The summed E-state index contributed by atoms with van der Waals surface area (Å²) < 4.78 is 36.7. The standard InChI is InChI=1S/C14H30O4S/c1-5-8-11-14(12-9-6-2,13(4)10-7-3)18-19(15,16)17/h13H,5-12H2,1-4H3,(H,15,16,17). The van der Waals surface area contributed by atoms with E-state index in [2.05, 4.69) is 20.8 Å². The van der Waals surface area contributed by atoms with Crippen LogP contribution in [0.25, 0.3) is 0 Å². The highest BCUT2D eigenvalue weighted by molar-refractivity contribution is 7.80. The van der Waals surface area contributed by atoms with Crippen LogP contribution in [0.2, 0.25) is 0 Å². The maximum atomic E-state index is 11.2. The zero-order valence-electron chi connectivity index (χ0n) is 12.8. The highest BCUT2D eigenvalue weighted by atomic mass is 32.3. The largest absolute Gasteiger partial charge is 0.397 e. The van der Waals surface area contributed by atoms with E-state index in [1.807, 2.05) is 6.92 Å². The van der Waals surface area contributed by atoms with E-state index in [0.717, 1.165) is 38.5 Å². The van der Waals surface area contributed by atoms with Gasteiger partial charge in [0, 0.05) is 0 Å². The van der Waals surface area contributed by atoms with Crippen LogP contribution in [0.1, 0.15) is 79.1 Å². The third-order valence-electron chi connectivity index (χ3n) is 3.80. The SMILES string of the molecule is CCCCC(CCCC)(OS(=O)(=O)O)C(C)CCC. The van der Waals surface area contributed by atoms with Gasteiger partial charge >= 0.3 is 10.4 Å². The molecule has 0 aromatic carbocycles. The van der Waals surface area contributed by atoms with Crippen LogP contribution in [-0.2, 0) is 14.6 Å². The van der Waals surface area contributed by atoms with Crippen molar-refractivity contribution < 1.29 is 17.2 Å². The van der Waals surface area contributed by atoms with E-state index >= 15 is 0 Å². The molecule has 1 unspecified atom stereocenters. The molecule has 0 heterocycles. The Labute approximate surface area is 118 Å². The van der Waals surface area contributed by atoms with Crippen LogP contribution in [0.3, 0.4) is 0 Å². The van der Waals surface area contributed by atoms with Crippen LogP contribution in [0.5, 0.6) is 0 Å². The van der Waals surface area contributed by atoms with Crippen molar-refractivity contribution in [3.05, 3.63) is 0 Å². The highest BCUT2D eigenvalue weighted by Crippen LogP contribution is 2.37. The lowest BCUT2D eigenvalue weighted by molar-refractivity contribution is -0.0119. The molecule has 1 atom stereocenters. The van der Waals surface area contributed by atoms with Crippen molar-refractivity contribution in [2.75, 3.05) is 0 Å². The molecule has 116 valence electrons. The van der Waals surface area contributed by atoms with Crippen LogP contribution in [0.15, 0.2) is 0 Å². The van der Waals surface area contributed by atoms with E-state index in [1.165, 1.54) is 0 Å². The van der Waals surface area contributed by atoms with Crippen LogP contribution in [0.4, 0.5) is 0 Å². The summed E-state index contributed by atoms with van der Waals surface area (Å²) in [6, 6.07) is 0. The molecule has 4 nitrogen and oxygen atoms in total. The third-order valence-corrected chi connectivity index (χ3v) is 4.34. The summed E-state index contributed by atoms with van der Waals surface area (Å²) in [6.45, 7) is 8.25. The zero-order chi connectivity index (χ0) is 14.9. The molecule has 0 bridgehead atoms. The highest BCUT2D eigenvalue weighted by Gasteiger charge is 2.39. The maximum absolute atomic E-state index is 11.2. The van der Waals surface area contributed by atoms with Gasteiger partial charge in [0.2, 0.25) is 0 Å². The fraction of sp³-hybridized carbons (Fsp3) is 1.00. The lowest BCUT2D eigenvalue weighted by Gasteiger charge is -2.37. The first kappa shape index (κ1) is 18.9. The minimum absolute atomic E-state index is 0.123. The van der Waals surface area contributed by atoms with Crippen LogP contribution < -0.4 is 0 Å². The smallest absolute Gasteiger partial charge is 0.264 e. The lowest BCUT2D eigenvalue weighted by atomic mass is 9.78. The minimum atomic E-state index is -4.41. The Balaban J connectivity index is 5.16. The Morgan fingerprint density at radius 3 is 1.84 bits per heavy atom. The quantitative estimate of drug-likeness (QED) is 0.575. The van der Waals surface area contributed by atoms with E-state index in [-0.39, 0.29) is 5.92 Å². The van der Waals surface area contributed by atoms with E-state index in [9.17, 15) is 8.42 Å². The molecule has 0 spiro atoms. The molecule has 0 rings (SSSR count). The Morgan fingerprint density at radius 2 is 1.53 bits per heavy atom. The van der Waals surface area contributed by atoms with Gasteiger partial charge in [0.1, 0.15) is 0 Å². The monoisotopic (exact) mass is 294 g/mol. The fourth-order valence-electron chi connectivity index (χ4n) is 2.64. The number of hydrogen-bond acceptors (Lipinski definition) is 3. The van der Waals surface area contributed by atoms with Crippen molar-refractivity contribution in [1.29, 1.82) is 0 Å². The molecule has 19 heavy (non-hydrogen) atoms. The topological polar surface area (TPSA) is 63.6 Å². The van der Waals surface area contributed by atoms with Crippen molar-refractivity contribution >= 4 is 10.4 Å². The summed E-state index contributed by atoms with van der Waals surface area (Å²) in [5.74, 6) is 0.123. The van der Waals surface area contributed by atoms with Gasteiger partial charge in [-0.15, -0.1) is 0 Å². The van der Waals surface area contributed by atoms with Gasteiger partial charge in [0.15, 0.2) is 0 Å². The molecule has 5 heteroatoms. The van der Waals surface area contributed by atoms with Crippen molar-refractivity contribution in [3.8, 4) is 0 Å². The summed E-state index contributed by atoms with van der Waals surface area (Å²) in [5.41, 5.74) is -0.740. The molecule has 0 aromatic heterocycles. The first-order valence-corrected chi connectivity index (χ1v) is 8.85. The summed E-state index contributed by atoms with van der Waals surface area (Å²) in [7, 11) is -4.41. The molecule has 0 saturated heterocycles. The van der Waals surface area contributed by atoms with Crippen molar-refractivity contribution in [2.45, 2.75) is 84.7 Å². The van der Waals surface area contributed by atoms with Crippen LogP contribution in [-0.4, -0.2) is 18.6 Å². The first-order chi connectivity index (χ1) is 8.81. The predicted molar refractivity (Wildman–Crippen MR) is 78.5 cm³/mol. The van der Waals surface area contributed by atoms with Crippen molar-refractivity contribution in [3.63, 3.8) is 0 Å². The molecule has 0 fully saturated rings. The van der Waals surface area contributed by atoms with Crippen LogP contribution >= 0.6 is 0 Å². The molecule has 1 N–H and O–H groups in total. The van der Waals surface area contributed by atoms with Gasteiger partial charge in [-0.1, -0.05) is 59.8 Å². The lowest BCUT2D eigenvalue weighted by Crippen LogP contribution is -2.41. The minimum Gasteiger partial charge on any atom is -0.264 e. The third kappa shape index (κ3) is 7.28. The summed E-state index contributed by atoms with van der Waals surface area (Å²) in [6.07, 6.45) is 7.05. The normalized spacial score (nSPS) is 14.6. The molecule has 0 aliphatic heterocycles. The molecular formula is C14H30O4S. The average molecular weight is 294 g/mol. The van der Waals surface area contributed by atoms with E-state index in [1.54, 1.807) is 0 Å². The van der Waals surface area contributed by atoms with Crippen molar-refractivity contribution in [1.82, 2.24) is 0 Å². The Kier molecular flexibility index (Phi) is 8.86. The molecule has 0 aromatic rings. The second kappa shape index (κ2) is 8.93. The summed E-state index contributed by atoms with van der Waals surface area (Å²) in [5, 5.41) is 0. The first-order valence-electron chi connectivity index (χ1n) is 7.49. The molecule has 0 radical (unpaired) electrons. The van der Waals surface area contributed by atoms with Crippen molar-refractivity contribution in [2.24, 2.45) is 5.92 Å². The molecule has 0 amide bonds. The molecule has 0 saturated carbocycles. The second-order valence-electron chi connectivity index (χ2n) is 5.47. The number of rotatable bonds is 11. The van der Waals surface area contributed by atoms with Gasteiger partial charge in [-0.3, -0.25) is 4.55 Å². The van der Waals surface area contributed by atoms with Crippen LogP contribution in [0, 0.1) is 5.92 Å². The van der Waals surface area contributed by atoms with E-state index in [0.29, 0.717) is 12.8 Å². The van der Waals surface area contributed by atoms with Gasteiger partial charge in [-0.25, -0.2) is 4.18 Å². The Bertz CT molecular complexity index is 316. The van der Waals surface area contributed by atoms with Gasteiger partial charge in [0.05, 0.1) is 5.60 Å². The number of unbranched alkanes of at least 4 members (excludes halogenated alkanes) is 2. The summed E-state index contributed by atoms with van der Waals surface area (Å²) in [4.78, 5) is 0. The van der Waals surface area contributed by atoms with Gasteiger partial charge in [-0.05, 0) is 25.2 Å². The maximum Gasteiger partial charge on any atom is 0.397 e. The zero-order valence-corrected chi connectivity index (χ0v) is 13.6. The molecule has 0 aliphatic rings. The number of hydrogen-bond donors (Lipinski definition) is 1. The van der Waals surface area contributed by atoms with Gasteiger partial charge in [-0.2, -0.15) is 8.42 Å². The van der Waals surface area contributed by atoms with E-state index < -0.39 is 16.0 Å². The Hall–Kier alpha value is -0.130.